The number of aryl methyl sites for hydroxylation is 2. The number of aromatic nitrogens is 2. The molecule has 0 atom stereocenters. The number of pyridine rings is 2. The summed E-state index contributed by atoms with van der Waals surface area (Å²) in [5, 5.41) is 0. The molecule has 0 fully saturated rings. The highest BCUT2D eigenvalue weighted by atomic mass is 127. The van der Waals surface area contributed by atoms with Crippen molar-refractivity contribution in [3.63, 3.8) is 0 Å². The minimum atomic E-state index is 0.562. The monoisotopic (exact) mass is 650 g/mol. The van der Waals surface area contributed by atoms with E-state index in [0.29, 0.717) is 25.0 Å². The third-order valence-electron chi connectivity index (χ3n) is 4.48. The minimum Gasteiger partial charge on any atom is -0.473 e. The second kappa shape index (κ2) is 12.7. The maximum absolute atomic E-state index is 5.61. The smallest absolute Gasteiger partial charge is 0.214 e. The lowest BCUT2D eigenvalue weighted by atomic mass is 10.2. The molecule has 0 unspecified atom stereocenters. The molecule has 2 aromatic carbocycles. The SMILES string of the molecule is Cc1cnc(OCc2ccccc2)cc1I.Cc1cnc(OCc2ccccc2)cc1I. The predicted molar refractivity (Wildman–Crippen MR) is 145 cm³/mol. The van der Waals surface area contributed by atoms with Crippen molar-refractivity contribution >= 4 is 45.2 Å². The van der Waals surface area contributed by atoms with E-state index in [0.717, 1.165) is 11.1 Å². The van der Waals surface area contributed by atoms with Crippen LogP contribution in [0.3, 0.4) is 0 Å². The predicted octanol–water partition coefficient (Wildman–Crippen LogP) is 7.15. The van der Waals surface area contributed by atoms with E-state index in [4.69, 9.17) is 9.47 Å². The highest BCUT2D eigenvalue weighted by Crippen LogP contribution is 2.17. The van der Waals surface area contributed by atoms with E-state index in [-0.39, 0.29) is 0 Å². The summed E-state index contributed by atoms with van der Waals surface area (Å²) in [5.74, 6) is 1.36. The van der Waals surface area contributed by atoms with Crippen molar-refractivity contribution in [1.82, 2.24) is 9.97 Å². The number of halogens is 2. The van der Waals surface area contributed by atoms with E-state index in [2.05, 4.69) is 55.1 Å². The fraction of sp³-hybridized carbons (Fsp3) is 0.154. The van der Waals surface area contributed by atoms with Gasteiger partial charge in [0.15, 0.2) is 0 Å². The largest absolute Gasteiger partial charge is 0.473 e. The molecule has 4 nitrogen and oxygen atoms in total. The van der Waals surface area contributed by atoms with Crippen molar-refractivity contribution in [2.24, 2.45) is 0 Å². The molecule has 164 valence electrons. The van der Waals surface area contributed by atoms with Crippen LogP contribution in [0.2, 0.25) is 0 Å². The average molecular weight is 650 g/mol. The van der Waals surface area contributed by atoms with Crippen LogP contribution >= 0.6 is 45.2 Å². The number of ether oxygens (including phenoxy) is 2. The number of rotatable bonds is 6. The summed E-state index contributed by atoms with van der Waals surface area (Å²) in [6.07, 6.45) is 3.67. The number of nitrogens with zero attached hydrogens (tertiary/aromatic N) is 2. The van der Waals surface area contributed by atoms with Crippen LogP contribution in [0.1, 0.15) is 22.3 Å². The second-order valence-corrected chi connectivity index (χ2v) is 9.42. The first-order valence-electron chi connectivity index (χ1n) is 10.1. The van der Waals surface area contributed by atoms with Gasteiger partial charge in [0.1, 0.15) is 13.2 Å². The molecule has 0 N–H and O–H groups in total. The van der Waals surface area contributed by atoms with Crippen LogP contribution in [-0.4, -0.2) is 9.97 Å². The molecular formula is C26H24I2N2O2. The van der Waals surface area contributed by atoms with Gasteiger partial charge in [-0.3, -0.25) is 0 Å². The summed E-state index contributed by atoms with van der Waals surface area (Å²) < 4.78 is 13.6. The van der Waals surface area contributed by atoms with Crippen molar-refractivity contribution in [1.29, 1.82) is 0 Å². The van der Waals surface area contributed by atoms with Gasteiger partial charge in [-0.05, 0) is 81.3 Å². The van der Waals surface area contributed by atoms with Gasteiger partial charge in [-0.15, -0.1) is 0 Å². The van der Waals surface area contributed by atoms with Gasteiger partial charge < -0.3 is 9.47 Å². The third-order valence-corrected chi connectivity index (χ3v) is 6.81. The molecule has 6 heteroatoms. The van der Waals surface area contributed by atoms with Crippen LogP contribution in [0, 0.1) is 21.0 Å². The Hall–Kier alpha value is -2.20. The van der Waals surface area contributed by atoms with Gasteiger partial charge >= 0.3 is 0 Å². The van der Waals surface area contributed by atoms with E-state index in [9.17, 15) is 0 Å². The minimum absolute atomic E-state index is 0.562. The molecule has 0 saturated carbocycles. The summed E-state index contributed by atoms with van der Waals surface area (Å²) >= 11 is 4.57. The number of benzene rings is 2. The highest BCUT2D eigenvalue weighted by Gasteiger charge is 2.01. The fourth-order valence-corrected chi connectivity index (χ4v) is 3.40. The van der Waals surface area contributed by atoms with Crippen molar-refractivity contribution in [2.45, 2.75) is 27.1 Å². The molecule has 0 radical (unpaired) electrons. The summed E-state index contributed by atoms with van der Waals surface area (Å²) in [5.41, 5.74) is 4.65. The summed E-state index contributed by atoms with van der Waals surface area (Å²) in [6, 6.07) is 24.1. The van der Waals surface area contributed by atoms with Crippen molar-refractivity contribution < 1.29 is 9.47 Å². The van der Waals surface area contributed by atoms with Crippen LogP contribution in [-0.2, 0) is 13.2 Å². The third kappa shape index (κ3) is 8.05. The Morgan fingerprint density at radius 1 is 0.625 bits per heavy atom. The van der Waals surface area contributed by atoms with E-state index in [1.165, 1.54) is 18.3 Å². The zero-order valence-electron chi connectivity index (χ0n) is 18.0. The van der Waals surface area contributed by atoms with E-state index < -0.39 is 0 Å². The van der Waals surface area contributed by atoms with Gasteiger partial charge in [-0.2, -0.15) is 0 Å². The first-order chi connectivity index (χ1) is 15.5. The summed E-state index contributed by atoms with van der Waals surface area (Å²) in [4.78, 5) is 8.45. The Morgan fingerprint density at radius 2 is 1.00 bits per heavy atom. The summed E-state index contributed by atoms with van der Waals surface area (Å²) in [6.45, 7) is 5.20. The topological polar surface area (TPSA) is 44.2 Å². The van der Waals surface area contributed by atoms with Crippen molar-refractivity contribution in [3.05, 3.63) is 115 Å². The Labute approximate surface area is 216 Å². The van der Waals surface area contributed by atoms with Crippen LogP contribution < -0.4 is 9.47 Å². The Balaban J connectivity index is 0.000000181. The van der Waals surface area contributed by atoms with Gasteiger partial charge in [0, 0.05) is 31.7 Å². The van der Waals surface area contributed by atoms with Crippen LogP contribution in [0.5, 0.6) is 11.8 Å². The van der Waals surface area contributed by atoms with Crippen LogP contribution in [0.15, 0.2) is 85.2 Å². The molecule has 0 amide bonds. The molecule has 4 rings (SSSR count). The molecule has 0 spiro atoms. The molecule has 0 bridgehead atoms. The molecule has 0 aliphatic rings. The lowest BCUT2D eigenvalue weighted by Gasteiger charge is -2.06. The standard InChI is InChI=1S/2C13H12INO/c2*1-10-8-15-13(7-12(10)14)16-9-11-5-3-2-4-6-11/h2*2-8H,9H2,1H3. The molecule has 32 heavy (non-hydrogen) atoms. The lowest BCUT2D eigenvalue weighted by molar-refractivity contribution is 0.293. The van der Waals surface area contributed by atoms with Gasteiger partial charge in [0.25, 0.3) is 0 Å². The first kappa shape index (κ1) is 24.4. The second-order valence-electron chi connectivity index (χ2n) is 7.09. The van der Waals surface area contributed by atoms with Crippen LogP contribution in [0.4, 0.5) is 0 Å². The Bertz CT molecular complexity index is 1030. The number of hydrogen-bond donors (Lipinski definition) is 0. The van der Waals surface area contributed by atoms with E-state index in [1.54, 1.807) is 0 Å². The lowest BCUT2D eigenvalue weighted by Crippen LogP contribution is -1.97. The van der Waals surface area contributed by atoms with Gasteiger partial charge in [-0.25, -0.2) is 9.97 Å². The van der Waals surface area contributed by atoms with Gasteiger partial charge in [0.2, 0.25) is 11.8 Å². The van der Waals surface area contributed by atoms with Crippen LogP contribution in [0.25, 0.3) is 0 Å². The molecule has 0 aliphatic heterocycles. The van der Waals surface area contributed by atoms with Crippen molar-refractivity contribution in [2.75, 3.05) is 0 Å². The highest BCUT2D eigenvalue weighted by molar-refractivity contribution is 14.1. The zero-order chi connectivity index (χ0) is 22.8. The molecular weight excluding hydrogens is 626 g/mol. The van der Waals surface area contributed by atoms with E-state index in [1.807, 2.05) is 99.0 Å². The molecule has 2 heterocycles. The van der Waals surface area contributed by atoms with E-state index >= 15 is 0 Å². The first-order valence-corrected chi connectivity index (χ1v) is 12.2. The zero-order valence-corrected chi connectivity index (χ0v) is 22.3. The Kier molecular flexibility index (Phi) is 9.73. The maximum Gasteiger partial charge on any atom is 0.214 e. The fourth-order valence-electron chi connectivity index (χ4n) is 2.58. The van der Waals surface area contributed by atoms with Gasteiger partial charge in [-0.1, -0.05) is 60.7 Å². The molecule has 4 aromatic rings. The quantitative estimate of drug-likeness (QED) is 0.208. The molecule has 0 saturated heterocycles. The summed E-state index contributed by atoms with van der Waals surface area (Å²) in [7, 11) is 0. The molecule has 2 aromatic heterocycles. The van der Waals surface area contributed by atoms with Crippen molar-refractivity contribution in [3.8, 4) is 11.8 Å². The number of hydrogen-bond acceptors (Lipinski definition) is 4. The molecule has 0 aliphatic carbocycles. The Morgan fingerprint density at radius 3 is 1.34 bits per heavy atom. The normalized spacial score (nSPS) is 10.1. The maximum atomic E-state index is 5.61. The average Bonchev–Trinajstić information content (AvgIpc) is 2.82. The van der Waals surface area contributed by atoms with Gasteiger partial charge in [0.05, 0.1) is 0 Å².